The fourth-order valence-electron chi connectivity index (χ4n) is 2.13. The Morgan fingerprint density at radius 1 is 1.38 bits per heavy atom. The molecule has 1 aliphatic rings. The zero-order valence-corrected chi connectivity index (χ0v) is 9.19. The molecule has 16 heavy (non-hydrogen) atoms. The van der Waals surface area contributed by atoms with Gasteiger partial charge in [-0.05, 0) is 25.0 Å². The first-order valence-electron chi connectivity index (χ1n) is 5.64. The Hall–Kier alpha value is -1.71. The van der Waals surface area contributed by atoms with Gasteiger partial charge in [0.25, 0.3) is 0 Å². The maximum Gasteiger partial charge on any atom is 0.170 e. The molecule has 1 saturated carbocycles. The highest BCUT2D eigenvalue weighted by Gasteiger charge is 2.14. The van der Waals surface area contributed by atoms with Crippen LogP contribution < -0.4 is 11.1 Å². The Balaban J connectivity index is 2.09. The van der Waals surface area contributed by atoms with E-state index in [2.05, 4.69) is 10.5 Å². The predicted octanol–water partition coefficient (Wildman–Crippen LogP) is 2.14. The molecular formula is C12H17N3O. The standard InChI is InChI=1S/C12H17N3O/c13-12(15-16)9-4-3-7-11(8-9)14-10-5-1-2-6-10/h3-4,7-8,10,14,16H,1-2,5-6H2,(H2,13,15). The molecule has 1 aromatic rings. The number of nitrogens with zero attached hydrogens (tertiary/aromatic N) is 1. The number of oxime groups is 1. The second-order valence-electron chi connectivity index (χ2n) is 4.19. The van der Waals surface area contributed by atoms with Crippen molar-refractivity contribution in [2.24, 2.45) is 10.9 Å². The molecule has 0 atom stereocenters. The zero-order chi connectivity index (χ0) is 11.4. The van der Waals surface area contributed by atoms with Gasteiger partial charge in [0.2, 0.25) is 0 Å². The smallest absolute Gasteiger partial charge is 0.170 e. The number of hydrogen-bond donors (Lipinski definition) is 3. The molecule has 0 aromatic heterocycles. The first-order chi connectivity index (χ1) is 7.79. The van der Waals surface area contributed by atoms with E-state index in [9.17, 15) is 0 Å². The molecule has 0 heterocycles. The monoisotopic (exact) mass is 219 g/mol. The van der Waals surface area contributed by atoms with E-state index in [0.29, 0.717) is 6.04 Å². The minimum Gasteiger partial charge on any atom is -0.409 e. The van der Waals surface area contributed by atoms with Crippen molar-refractivity contribution in [3.8, 4) is 0 Å². The van der Waals surface area contributed by atoms with E-state index < -0.39 is 0 Å². The van der Waals surface area contributed by atoms with Gasteiger partial charge in [0.1, 0.15) is 0 Å². The number of amidine groups is 1. The summed E-state index contributed by atoms with van der Waals surface area (Å²) in [6, 6.07) is 8.22. The van der Waals surface area contributed by atoms with Crippen LogP contribution in [0.25, 0.3) is 0 Å². The average molecular weight is 219 g/mol. The highest BCUT2D eigenvalue weighted by atomic mass is 16.4. The zero-order valence-electron chi connectivity index (χ0n) is 9.19. The maximum absolute atomic E-state index is 8.61. The second kappa shape index (κ2) is 4.88. The van der Waals surface area contributed by atoms with Crippen LogP contribution in [0.4, 0.5) is 5.69 Å². The SMILES string of the molecule is NC(=NO)c1cccc(NC2CCCC2)c1. The molecule has 1 aliphatic carbocycles. The maximum atomic E-state index is 8.61. The Labute approximate surface area is 95.1 Å². The van der Waals surface area contributed by atoms with Crippen LogP contribution in [0.15, 0.2) is 29.4 Å². The van der Waals surface area contributed by atoms with Gasteiger partial charge in [-0.2, -0.15) is 0 Å². The number of nitrogens with two attached hydrogens (primary N) is 1. The van der Waals surface area contributed by atoms with Crippen molar-refractivity contribution in [2.75, 3.05) is 5.32 Å². The van der Waals surface area contributed by atoms with Gasteiger partial charge in [0.15, 0.2) is 5.84 Å². The van der Waals surface area contributed by atoms with Gasteiger partial charge in [0.05, 0.1) is 0 Å². The van der Waals surface area contributed by atoms with E-state index >= 15 is 0 Å². The van der Waals surface area contributed by atoms with Crippen molar-refractivity contribution in [3.05, 3.63) is 29.8 Å². The van der Waals surface area contributed by atoms with Crippen LogP contribution in [-0.4, -0.2) is 17.1 Å². The quantitative estimate of drug-likeness (QED) is 0.315. The fourth-order valence-corrected chi connectivity index (χ4v) is 2.13. The summed E-state index contributed by atoms with van der Waals surface area (Å²) in [5.74, 6) is 0.148. The number of nitrogens with one attached hydrogen (secondary N) is 1. The van der Waals surface area contributed by atoms with Crippen LogP contribution in [-0.2, 0) is 0 Å². The molecule has 1 fully saturated rings. The number of rotatable bonds is 3. The lowest BCUT2D eigenvalue weighted by Crippen LogP contribution is -2.16. The van der Waals surface area contributed by atoms with Gasteiger partial charge in [-0.15, -0.1) is 0 Å². The second-order valence-corrected chi connectivity index (χ2v) is 4.19. The summed E-state index contributed by atoms with van der Waals surface area (Å²) in [6.45, 7) is 0. The first kappa shape index (κ1) is 10.8. The molecule has 0 spiro atoms. The summed E-state index contributed by atoms with van der Waals surface area (Å²) in [6.07, 6.45) is 5.07. The molecule has 2 rings (SSSR count). The highest BCUT2D eigenvalue weighted by Crippen LogP contribution is 2.22. The molecular weight excluding hydrogens is 202 g/mol. The summed E-state index contributed by atoms with van der Waals surface area (Å²) in [5.41, 5.74) is 7.32. The number of hydrogen-bond acceptors (Lipinski definition) is 3. The number of benzene rings is 1. The van der Waals surface area contributed by atoms with E-state index in [0.717, 1.165) is 11.3 Å². The van der Waals surface area contributed by atoms with Crippen LogP contribution >= 0.6 is 0 Å². The number of anilines is 1. The minimum atomic E-state index is 0.148. The van der Waals surface area contributed by atoms with Crippen molar-refractivity contribution in [1.82, 2.24) is 0 Å². The fraction of sp³-hybridized carbons (Fsp3) is 0.417. The largest absolute Gasteiger partial charge is 0.409 e. The van der Waals surface area contributed by atoms with E-state index in [1.165, 1.54) is 25.7 Å². The van der Waals surface area contributed by atoms with Gasteiger partial charge in [-0.3, -0.25) is 0 Å². The van der Waals surface area contributed by atoms with Gasteiger partial charge < -0.3 is 16.3 Å². The van der Waals surface area contributed by atoms with E-state index in [4.69, 9.17) is 10.9 Å². The van der Waals surface area contributed by atoms with Gasteiger partial charge in [-0.1, -0.05) is 30.1 Å². The Kier molecular flexibility index (Phi) is 3.29. The van der Waals surface area contributed by atoms with Crippen LogP contribution in [0.5, 0.6) is 0 Å². The van der Waals surface area contributed by atoms with Crippen LogP contribution in [0, 0.1) is 0 Å². The molecule has 1 aromatic carbocycles. The molecule has 86 valence electrons. The lowest BCUT2D eigenvalue weighted by molar-refractivity contribution is 0.318. The van der Waals surface area contributed by atoms with Gasteiger partial charge in [0, 0.05) is 17.3 Å². The Bertz CT molecular complexity index is 384. The molecule has 0 saturated heterocycles. The van der Waals surface area contributed by atoms with Crippen molar-refractivity contribution in [1.29, 1.82) is 0 Å². The first-order valence-corrected chi connectivity index (χ1v) is 5.64. The van der Waals surface area contributed by atoms with Crippen molar-refractivity contribution < 1.29 is 5.21 Å². The summed E-state index contributed by atoms with van der Waals surface area (Å²) < 4.78 is 0. The summed E-state index contributed by atoms with van der Waals surface area (Å²) in [5, 5.41) is 15.1. The molecule has 4 N–H and O–H groups in total. The van der Waals surface area contributed by atoms with E-state index in [1.54, 1.807) is 0 Å². The molecule has 0 aliphatic heterocycles. The summed E-state index contributed by atoms with van der Waals surface area (Å²) in [7, 11) is 0. The molecule has 0 radical (unpaired) electrons. The van der Waals surface area contributed by atoms with Crippen LogP contribution in [0.2, 0.25) is 0 Å². The Morgan fingerprint density at radius 3 is 2.81 bits per heavy atom. The highest BCUT2D eigenvalue weighted by molar-refractivity contribution is 5.97. The van der Waals surface area contributed by atoms with Crippen molar-refractivity contribution in [2.45, 2.75) is 31.7 Å². The third-order valence-electron chi connectivity index (χ3n) is 2.99. The normalized spacial score (nSPS) is 17.6. The van der Waals surface area contributed by atoms with Crippen molar-refractivity contribution >= 4 is 11.5 Å². The van der Waals surface area contributed by atoms with Crippen molar-refractivity contribution in [3.63, 3.8) is 0 Å². The topological polar surface area (TPSA) is 70.6 Å². The molecule has 0 bridgehead atoms. The molecule has 0 unspecified atom stereocenters. The lowest BCUT2D eigenvalue weighted by atomic mass is 10.1. The molecule has 0 amide bonds. The molecule has 4 nitrogen and oxygen atoms in total. The van der Waals surface area contributed by atoms with Crippen LogP contribution in [0.1, 0.15) is 31.2 Å². The molecule has 4 heteroatoms. The predicted molar refractivity (Wildman–Crippen MR) is 64.8 cm³/mol. The third kappa shape index (κ3) is 2.45. The van der Waals surface area contributed by atoms with Gasteiger partial charge in [-0.25, -0.2) is 0 Å². The average Bonchev–Trinajstić information content (AvgIpc) is 2.81. The lowest BCUT2D eigenvalue weighted by Gasteiger charge is -2.14. The summed E-state index contributed by atoms with van der Waals surface area (Å²) in [4.78, 5) is 0. The van der Waals surface area contributed by atoms with E-state index in [-0.39, 0.29) is 5.84 Å². The summed E-state index contributed by atoms with van der Waals surface area (Å²) >= 11 is 0. The Morgan fingerprint density at radius 2 is 2.12 bits per heavy atom. The minimum absolute atomic E-state index is 0.148. The van der Waals surface area contributed by atoms with E-state index in [1.807, 2.05) is 24.3 Å². The van der Waals surface area contributed by atoms with Crippen LogP contribution in [0.3, 0.4) is 0 Å². The van der Waals surface area contributed by atoms with Gasteiger partial charge >= 0.3 is 0 Å². The third-order valence-corrected chi connectivity index (χ3v) is 2.99.